The molecule has 0 fully saturated rings. The van der Waals surface area contributed by atoms with Gasteiger partial charge >= 0.3 is 0 Å². The Hall–Kier alpha value is -3.52. The highest BCUT2D eigenvalue weighted by Crippen LogP contribution is 2.17. The number of nitrogens with zero attached hydrogens (tertiary/aromatic N) is 2. The maximum atomic E-state index is 12.6. The molecule has 2 heterocycles. The molecule has 1 unspecified atom stereocenters. The second kappa shape index (κ2) is 7.24. The highest BCUT2D eigenvalue weighted by molar-refractivity contribution is 7.71. The van der Waals surface area contributed by atoms with E-state index in [1.54, 1.807) is 30.7 Å². The molecule has 1 amide bonds. The van der Waals surface area contributed by atoms with Gasteiger partial charge in [0.1, 0.15) is 0 Å². The summed E-state index contributed by atoms with van der Waals surface area (Å²) in [5.74, 6) is -0.229. The standard InChI is InChI=1S/C20H17N5O2S/c1-12(13-2-5-15(6-3-13)25-9-8-21-11-25)22-18(26)14-4-7-16-17(10-14)23-20(28)24-19(16)27/h2-12H,1H3,(H,22,26)(H2,23,24,27,28). The Labute approximate surface area is 165 Å². The fourth-order valence-electron chi connectivity index (χ4n) is 3.02. The summed E-state index contributed by atoms with van der Waals surface area (Å²) in [6, 6.07) is 12.6. The number of aromatic amines is 2. The third-order valence-electron chi connectivity index (χ3n) is 4.54. The van der Waals surface area contributed by atoms with Crippen LogP contribution in [0, 0.1) is 4.77 Å². The van der Waals surface area contributed by atoms with Gasteiger partial charge in [0.25, 0.3) is 11.5 Å². The van der Waals surface area contributed by atoms with Crippen molar-refractivity contribution < 1.29 is 4.79 Å². The molecule has 0 saturated carbocycles. The van der Waals surface area contributed by atoms with E-state index in [2.05, 4.69) is 20.3 Å². The van der Waals surface area contributed by atoms with Crippen molar-refractivity contribution in [3.05, 3.63) is 87.4 Å². The number of nitrogens with one attached hydrogen (secondary N) is 3. The number of hydrogen-bond acceptors (Lipinski definition) is 4. The number of carbonyl (C=O) groups is 1. The first kappa shape index (κ1) is 17.9. The van der Waals surface area contributed by atoms with Crippen LogP contribution in [0.2, 0.25) is 0 Å². The quantitative estimate of drug-likeness (QED) is 0.465. The first-order chi connectivity index (χ1) is 13.5. The summed E-state index contributed by atoms with van der Waals surface area (Å²) in [7, 11) is 0. The summed E-state index contributed by atoms with van der Waals surface area (Å²) < 4.78 is 2.13. The molecule has 0 aliphatic heterocycles. The Balaban J connectivity index is 1.53. The number of benzene rings is 2. The maximum Gasteiger partial charge on any atom is 0.259 e. The van der Waals surface area contributed by atoms with Crippen LogP contribution in [-0.2, 0) is 0 Å². The van der Waals surface area contributed by atoms with Crippen molar-refractivity contribution in [1.29, 1.82) is 0 Å². The lowest BCUT2D eigenvalue weighted by atomic mass is 10.1. The van der Waals surface area contributed by atoms with Gasteiger partial charge in [-0.05, 0) is 55.0 Å². The number of imidazole rings is 1. The molecule has 3 N–H and O–H groups in total. The van der Waals surface area contributed by atoms with E-state index in [0.717, 1.165) is 11.3 Å². The van der Waals surface area contributed by atoms with Crippen LogP contribution in [0.15, 0.2) is 66.0 Å². The van der Waals surface area contributed by atoms with Gasteiger partial charge in [0, 0.05) is 23.6 Å². The van der Waals surface area contributed by atoms with Gasteiger partial charge in [-0.2, -0.15) is 0 Å². The number of H-pyrrole nitrogens is 2. The summed E-state index contributed by atoms with van der Waals surface area (Å²) in [6.07, 6.45) is 5.33. The molecule has 8 heteroatoms. The minimum atomic E-state index is -0.281. The van der Waals surface area contributed by atoms with Gasteiger partial charge in [-0.15, -0.1) is 0 Å². The third-order valence-corrected chi connectivity index (χ3v) is 4.75. The van der Waals surface area contributed by atoms with Crippen LogP contribution in [0.4, 0.5) is 0 Å². The fraction of sp³-hybridized carbons (Fsp3) is 0.100. The van der Waals surface area contributed by atoms with Crippen LogP contribution >= 0.6 is 12.2 Å². The van der Waals surface area contributed by atoms with E-state index in [-0.39, 0.29) is 22.3 Å². The van der Waals surface area contributed by atoms with Crippen LogP contribution in [0.25, 0.3) is 16.6 Å². The average Bonchev–Trinajstić information content (AvgIpc) is 3.22. The van der Waals surface area contributed by atoms with E-state index < -0.39 is 0 Å². The molecule has 2 aromatic carbocycles. The third kappa shape index (κ3) is 3.49. The van der Waals surface area contributed by atoms with Gasteiger partial charge in [0.2, 0.25) is 0 Å². The monoisotopic (exact) mass is 391 g/mol. The summed E-state index contributed by atoms with van der Waals surface area (Å²) >= 11 is 4.99. The van der Waals surface area contributed by atoms with Crippen molar-refractivity contribution in [2.75, 3.05) is 0 Å². The molecule has 140 valence electrons. The van der Waals surface area contributed by atoms with E-state index in [4.69, 9.17) is 12.2 Å². The Morgan fingerprint density at radius 1 is 1.18 bits per heavy atom. The van der Waals surface area contributed by atoms with E-state index in [9.17, 15) is 9.59 Å². The first-order valence-electron chi connectivity index (χ1n) is 8.67. The van der Waals surface area contributed by atoms with Gasteiger partial charge in [0.15, 0.2) is 4.77 Å². The fourth-order valence-corrected chi connectivity index (χ4v) is 3.22. The van der Waals surface area contributed by atoms with Crippen LogP contribution in [0.1, 0.15) is 28.9 Å². The highest BCUT2D eigenvalue weighted by Gasteiger charge is 2.13. The van der Waals surface area contributed by atoms with Crippen molar-refractivity contribution in [2.45, 2.75) is 13.0 Å². The van der Waals surface area contributed by atoms with Crippen LogP contribution < -0.4 is 10.9 Å². The molecule has 2 aromatic heterocycles. The van der Waals surface area contributed by atoms with E-state index in [1.165, 1.54) is 0 Å². The summed E-state index contributed by atoms with van der Waals surface area (Å²) in [5.41, 5.74) is 2.67. The van der Waals surface area contributed by atoms with Crippen LogP contribution in [-0.4, -0.2) is 25.4 Å². The zero-order valence-corrected chi connectivity index (χ0v) is 15.8. The Morgan fingerprint density at radius 2 is 1.96 bits per heavy atom. The zero-order chi connectivity index (χ0) is 19.7. The van der Waals surface area contributed by atoms with Gasteiger partial charge in [-0.3, -0.25) is 14.6 Å². The minimum Gasteiger partial charge on any atom is -0.346 e. The largest absolute Gasteiger partial charge is 0.346 e. The molecule has 0 aliphatic rings. The van der Waals surface area contributed by atoms with Crippen LogP contribution in [0.5, 0.6) is 0 Å². The second-order valence-corrected chi connectivity index (χ2v) is 6.83. The van der Waals surface area contributed by atoms with E-state index in [1.807, 2.05) is 42.0 Å². The molecule has 4 rings (SSSR count). The normalized spacial score (nSPS) is 12.0. The Morgan fingerprint density at radius 3 is 2.68 bits per heavy atom. The van der Waals surface area contributed by atoms with Gasteiger partial charge in [-0.1, -0.05) is 12.1 Å². The molecule has 7 nitrogen and oxygen atoms in total. The predicted octanol–water partition coefficient (Wildman–Crippen LogP) is 3.26. The smallest absolute Gasteiger partial charge is 0.259 e. The molecule has 1 atom stereocenters. The van der Waals surface area contributed by atoms with E-state index in [0.29, 0.717) is 16.5 Å². The molecule has 0 saturated heterocycles. The summed E-state index contributed by atoms with van der Waals surface area (Å²) in [5, 5.41) is 3.43. The summed E-state index contributed by atoms with van der Waals surface area (Å²) in [6.45, 7) is 1.92. The lowest BCUT2D eigenvalue weighted by molar-refractivity contribution is 0.0940. The molecule has 0 bridgehead atoms. The molecule has 28 heavy (non-hydrogen) atoms. The molecule has 4 aromatic rings. The van der Waals surface area contributed by atoms with Crippen molar-refractivity contribution in [1.82, 2.24) is 24.8 Å². The Kier molecular flexibility index (Phi) is 4.62. The number of fused-ring (bicyclic) bond motifs is 1. The molecular weight excluding hydrogens is 374 g/mol. The topological polar surface area (TPSA) is 95.6 Å². The highest BCUT2D eigenvalue weighted by atomic mass is 32.1. The van der Waals surface area contributed by atoms with Gasteiger partial charge in [-0.25, -0.2) is 4.98 Å². The van der Waals surface area contributed by atoms with Crippen molar-refractivity contribution in [3.63, 3.8) is 0 Å². The lowest BCUT2D eigenvalue weighted by Gasteiger charge is -2.15. The average molecular weight is 391 g/mol. The number of amides is 1. The van der Waals surface area contributed by atoms with Gasteiger partial charge in [0.05, 0.1) is 23.3 Å². The SMILES string of the molecule is CC(NC(=O)c1ccc2c(=O)[nH]c(=S)[nH]c2c1)c1ccc(-n2ccnc2)cc1. The first-order valence-corrected chi connectivity index (χ1v) is 9.07. The number of rotatable bonds is 4. The number of aromatic nitrogens is 4. The van der Waals surface area contributed by atoms with Gasteiger partial charge < -0.3 is 14.9 Å². The summed E-state index contributed by atoms with van der Waals surface area (Å²) in [4.78, 5) is 34.0. The molecule has 0 radical (unpaired) electrons. The maximum absolute atomic E-state index is 12.6. The van der Waals surface area contributed by atoms with E-state index >= 15 is 0 Å². The zero-order valence-electron chi connectivity index (χ0n) is 15.0. The van der Waals surface area contributed by atoms with Crippen molar-refractivity contribution in [2.24, 2.45) is 0 Å². The second-order valence-electron chi connectivity index (χ2n) is 6.43. The molecular formula is C20H17N5O2S. The molecule has 0 spiro atoms. The lowest BCUT2D eigenvalue weighted by Crippen LogP contribution is -2.26. The molecule has 0 aliphatic carbocycles. The Bertz CT molecular complexity index is 1260. The predicted molar refractivity (Wildman–Crippen MR) is 109 cm³/mol. The van der Waals surface area contributed by atoms with Crippen LogP contribution in [0.3, 0.4) is 0 Å². The minimum absolute atomic E-state index is 0.183. The number of carbonyl (C=O) groups excluding carboxylic acids is 1. The number of hydrogen-bond donors (Lipinski definition) is 3. The van der Waals surface area contributed by atoms with Crippen molar-refractivity contribution >= 4 is 29.0 Å². The van der Waals surface area contributed by atoms with Crippen molar-refractivity contribution in [3.8, 4) is 5.69 Å².